The SMILES string of the molecule is CCCCCCCCCCCCOCC(C[N+](C)(C)CC(COCCCCCCCCCCCC)OCCOCCOCCO)OCCOCCO. The Kier molecular flexibility index (Phi) is 41.4. The van der Waals surface area contributed by atoms with Crippen molar-refractivity contribution in [3.8, 4) is 0 Å². The molecule has 0 rings (SSSR count). The minimum atomic E-state index is -0.0775. The molecule has 0 aromatic carbocycles. The van der Waals surface area contributed by atoms with E-state index in [9.17, 15) is 0 Å². The van der Waals surface area contributed by atoms with Gasteiger partial charge in [0.1, 0.15) is 25.3 Å². The van der Waals surface area contributed by atoms with Gasteiger partial charge in [-0.1, -0.05) is 129 Å². The Hall–Kier alpha value is -0.400. The van der Waals surface area contributed by atoms with Crippen LogP contribution in [0, 0.1) is 0 Å². The lowest BCUT2D eigenvalue weighted by atomic mass is 10.1. The highest BCUT2D eigenvalue weighted by atomic mass is 16.6. The molecule has 0 amide bonds. The number of ether oxygens (including phenoxy) is 7. The predicted octanol–water partition coefficient (Wildman–Crippen LogP) is 7.74. The van der Waals surface area contributed by atoms with E-state index in [1.54, 1.807) is 0 Å². The van der Waals surface area contributed by atoms with Crippen LogP contribution in [-0.2, 0) is 33.2 Å². The van der Waals surface area contributed by atoms with Crippen LogP contribution in [0.15, 0.2) is 0 Å². The average Bonchev–Trinajstić information content (AvgIpc) is 3.13. The molecule has 0 radical (unpaired) electrons. The second-order valence-corrected chi connectivity index (χ2v) is 15.1. The van der Waals surface area contributed by atoms with Crippen LogP contribution in [0.1, 0.15) is 142 Å². The fourth-order valence-corrected chi connectivity index (χ4v) is 6.40. The van der Waals surface area contributed by atoms with E-state index < -0.39 is 0 Å². The van der Waals surface area contributed by atoms with Crippen LogP contribution in [0.5, 0.6) is 0 Å². The van der Waals surface area contributed by atoms with Crippen LogP contribution >= 0.6 is 0 Å². The minimum absolute atomic E-state index is 0.0144. The maximum absolute atomic E-state index is 9.06. The third kappa shape index (κ3) is 39.3. The zero-order valence-electron chi connectivity index (χ0n) is 34.8. The fourth-order valence-electron chi connectivity index (χ4n) is 6.40. The summed E-state index contributed by atoms with van der Waals surface area (Å²) < 4.78 is 42.1. The monoisotopic (exact) mass is 751 g/mol. The summed E-state index contributed by atoms with van der Waals surface area (Å²) in [6, 6.07) is 0. The van der Waals surface area contributed by atoms with Gasteiger partial charge in [-0.15, -0.1) is 0 Å². The molecule has 314 valence electrons. The van der Waals surface area contributed by atoms with Gasteiger partial charge in [-0.05, 0) is 12.8 Å². The molecule has 0 heterocycles. The Balaban J connectivity index is 4.76. The third-order valence-corrected chi connectivity index (χ3v) is 9.29. The molecular weight excluding hydrogens is 662 g/mol. The number of aliphatic hydroxyl groups is 2. The van der Waals surface area contributed by atoms with Gasteiger partial charge in [-0.25, -0.2) is 0 Å². The van der Waals surface area contributed by atoms with E-state index >= 15 is 0 Å². The van der Waals surface area contributed by atoms with Gasteiger partial charge in [0, 0.05) is 13.2 Å². The summed E-state index contributed by atoms with van der Waals surface area (Å²) in [6.45, 7) is 12.2. The highest BCUT2D eigenvalue weighted by Crippen LogP contribution is 2.13. The molecule has 0 spiro atoms. The number of rotatable bonds is 45. The highest BCUT2D eigenvalue weighted by Gasteiger charge is 2.28. The lowest BCUT2D eigenvalue weighted by Crippen LogP contribution is -2.52. The van der Waals surface area contributed by atoms with Gasteiger partial charge >= 0.3 is 0 Å². The Morgan fingerprint density at radius 2 is 0.673 bits per heavy atom. The van der Waals surface area contributed by atoms with Crippen molar-refractivity contribution in [2.75, 3.05) is 120 Å². The van der Waals surface area contributed by atoms with Crippen LogP contribution in [0.2, 0.25) is 0 Å². The van der Waals surface area contributed by atoms with E-state index in [2.05, 4.69) is 27.9 Å². The largest absolute Gasteiger partial charge is 0.394 e. The van der Waals surface area contributed by atoms with Crippen molar-refractivity contribution in [3.63, 3.8) is 0 Å². The Labute approximate surface area is 321 Å². The summed E-state index contributed by atoms with van der Waals surface area (Å²) in [6.07, 6.45) is 26.0. The summed E-state index contributed by atoms with van der Waals surface area (Å²) in [5.41, 5.74) is 0. The average molecular weight is 751 g/mol. The molecule has 0 bridgehead atoms. The Bertz CT molecular complexity index is 673. The molecule has 2 N–H and O–H groups in total. The zero-order chi connectivity index (χ0) is 38.1. The molecule has 10 nitrogen and oxygen atoms in total. The maximum Gasteiger partial charge on any atom is 0.130 e. The molecule has 0 saturated heterocycles. The molecular formula is C42H88NO9+. The molecule has 2 atom stereocenters. The van der Waals surface area contributed by atoms with Gasteiger partial charge in [-0.3, -0.25) is 0 Å². The molecule has 0 saturated carbocycles. The van der Waals surface area contributed by atoms with Crippen molar-refractivity contribution in [2.45, 2.75) is 154 Å². The number of hydrogen-bond donors (Lipinski definition) is 2. The van der Waals surface area contributed by atoms with Crippen molar-refractivity contribution in [1.29, 1.82) is 0 Å². The van der Waals surface area contributed by atoms with Gasteiger partial charge < -0.3 is 47.9 Å². The first-order valence-electron chi connectivity index (χ1n) is 21.6. The number of unbranched alkanes of at least 4 members (excludes halogenated alkanes) is 18. The molecule has 10 heteroatoms. The van der Waals surface area contributed by atoms with E-state index in [-0.39, 0.29) is 25.4 Å². The summed E-state index contributed by atoms with van der Waals surface area (Å²) in [5, 5.41) is 17.9. The van der Waals surface area contributed by atoms with Crippen LogP contribution < -0.4 is 0 Å². The molecule has 0 aliphatic carbocycles. The zero-order valence-corrected chi connectivity index (χ0v) is 34.8. The Morgan fingerprint density at radius 3 is 1.02 bits per heavy atom. The first kappa shape index (κ1) is 51.6. The number of likely N-dealkylation sites (N-methyl/N-ethyl adjacent to an activating group) is 1. The smallest absolute Gasteiger partial charge is 0.130 e. The third-order valence-electron chi connectivity index (χ3n) is 9.29. The number of nitrogens with zero attached hydrogens (tertiary/aromatic N) is 1. The van der Waals surface area contributed by atoms with E-state index in [4.69, 9.17) is 43.4 Å². The topological polar surface area (TPSA) is 105 Å². The van der Waals surface area contributed by atoms with Gasteiger partial charge in [-0.2, -0.15) is 0 Å². The maximum atomic E-state index is 9.06. The molecule has 0 aliphatic rings. The van der Waals surface area contributed by atoms with Crippen molar-refractivity contribution >= 4 is 0 Å². The highest BCUT2D eigenvalue weighted by molar-refractivity contribution is 4.62. The lowest BCUT2D eigenvalue weighted by Gasteiger charge is -2.36. The molecule has 0 aromatic rings. The Morgan fingerprint density at radius 1 is 0.365 bits per heavy atom. The van der Waals surface area contributed by atoms with E-state index in [1.807, 2.05) is 0 Å². The predicted molar refractivity (Wildman–Crippen MR) is 213 cm³/mol. The van der Waals surface area contributed by atoms with Crippen LogP contribution in [0.4, 0.5) is 0 Å². The van der Waals surface area contributed by atoms with Gasteiger partial charge in [0.05, 0.1) is 93.4 Å². The van der Waals surface area contributed by atoms with Crippen molar-refractivity contribution < 1.29 is 47.9 Å². The molecule has 0 aromatic heterocycles. The molecule has 2 unspecified atom stereocenters. The van der Waals surface area contributed by atoms with Gasteiger partial charge in [0.25, 0.3) is 0 Å². The number of hydrogen-bond acceptors (Lipinski definition) is 9. The second kappa shape index (κ2) is 41.8. The first-order valence-corrected chi connectivity index (χ1v) is 21.6. The van der Waals surface area contributed by atoms with Crippen molar-refractivity contribution in [3.05, 3.63) is 0 Å². The van der Waals surface area contributed by atoms with Crippen LogP contribution in [0.3, 0.4) is 0 Å². The first-order chi connectivity index (χ1) is 25.5. The molecule has 0 aliphatic heterocycles. The van der Waals surface area contributed by atoms with Crippen molar-refractivity contribution in [2.24, 2.45) is 0 Å². The van der Waals surface area contributed by atoms with E-state index in [0.29, 0.717) is 70.6 Å². The van der Waals surface area contributed by atoms with E-state index in [1.165, 1.54) is 116 Å². The van der Waals surface area contributed by atoms with E-state index in [0.717, 1.165) is 39.1 Å². The van der Waals surface area contributed by atoms with Gasteiger partial charge in [0.2, 0.25) is 0 Å². The number of aliphatic hydroxyl groups excluding tert-OH is 2. The number of quaternary nitrogens is 1. The lowest BCUT2D eigenvalue weighted by molar-refractivity contribution is -0.896. The minimum Gasteiger partial charge on any atom is -0.394 e. The standard InChI is InChI=1S/C42H88NO9/c1-5-7-9-11-13-15-17-19-21-23-27-49-39-41(51-35-33-47-30-26-45)37-43(3,4)38-42(52-36-34-48-32-31-46-29-25-44)40-50-28-24-22-20-18-16-14-12-10-8-6-2/h41-42,44-45H,5-40H2,1-4H3/q+1. The molecule has 52 heavy (non-hydrogen) atoms. The van der Waals surface area contributed by atoms with Gasteiger partial charge in [0.15, 0.2) is 0 Å². The fraction of sp³-hybridized carbons (Fsp3) is 1.00. The quantitative estimate of drug-likeness (QED) is 0.0478. The summed E-state index contributed by atoms with van der Waals surface area (Å²) in [5.74, 6) is 0. The van der Waals surface area contributed by atoms with Crippen LogP contribution in [-0.4, -0.2) is 147 Å². The van der Waals surface area contributed by atoms with Crippen molar-refractivity contribution in [1.82, 2.24) is 0 Å². The van der Waals surface area contributed by atoms with Crippen LogP contribution in [0.25, 0.3) is 0 Å². The second-order valence-electron chi connectivity index (χ2n) is 15.1. The molecule has 0 fully saturated rings. The normalized spacial score (nSPS) is 13.3. The summed E-state index contributed by atoms with van der Waals surface area (Å²) >= 11 is 0. The summed E-state index contributed by atoms with van der Waals surface area (Å²) in [4.78, 5) is 0. The summed E-state index contributed by atoms with van der Waals surface area (Å²) in [7, 11) is 4.43.